The third-order valence-corrected chi connectivity index (χ3v) is 2.79. The molecule has 1 aromatic carbocycles. The molecular formula is C16H21N3O2. The number of carbonyl (C=O) groups excluding carboxylic acids is 2. The van der Waals surface area contributed by atoms with Crippen LogP contribution in [0.3, 0.4) is 0 Å². The normalized spacial score (nSPS) is 9.76. The molecule has 0 aliphatic carbocycles. The molecule has 0 heterocycles. The Bertz CT molecular complexity index is 583. The average Bonchev–Trinajstić information content (AvgIpc) is 2.40. The predicted molar refractivity (Wildman–Crippen MR) is 85.1 cm³/mol. The first-order chi connectivity index (χ1) is 9.92. The molecule has 2 amide bonds. The Hall–Kier alpha value is -2.32. The van der Waals surface area contributed by atoms with Gasteiger partial charge in [0.1, 0.15) is 0 Å². The van der Waals surface area contributed by atoms with Gasteiger partial charge in [-0.15, -0.1) is 0 Å². The van der Waals surface area contributed by atoms with Gasteiger partial charge in [-0.3, -0.25) is 9.59 Å². The molecule has 0 aliphatic heterocycles. The second-order valence-electron chi connectivity index (χ2n) is 4.96. The van der Waals surface area contributed by atoms with Crippen molar-refractivity contribution in [3.8, 4) is 11.8 Å². The summed E-state index contributed by atoms with van der Waals surface area (Å²) in [6.45, 7) is 4.19. The van der Waals surface area contributed by atoms with Crippen LogP contribution in [-0.2, 0) is 9.59 Å². The summed E-state index contributed by atoms with van der Waals surface area (Å²) in [7, 11) is 3.84. The summed E-state index contributed by atoms with van der Waals surface area (Å²) in [6, 6.07) is 5.36. The molecule has 0 bridgehead atoms. The number of hydrogen-bond acceptors (Lipinski definition) is 3. The van der Waals surface area contributed by atoms with Crippen LogP contribution in [0.15, 0.2) is 18.2 Å². The summed E-state index contributed by atoms with van der Waals surface area (Å²) in [6.07, 6.45) is 0.421. The standard InChI is InChI=1S/C16H21N3O2/c1-5-6-15(20)17-13-8-7-12(2)14(11-13)18-16(21)9-10-19(3)4/h7-8,11H,9-10H2,1-4H3,(H,17,20)(H,18,21). The molecule has 5 nitrogen and oxygen atoms in total. The zero-order chi connectivity index (χ0) is 15.8. The number of aryl methyl sites for hydroxylation is 1. The molecule has 0 saturated heterocycles. The van der Waals surface area contributed by atoms with Crippen molar-refractivity contribution in [3.05, 3.63) is 23.8 Å². The Balaban J connectivity index is 2.75. The van der Waals surface area contributed by atoms with Gasteiger partial charge in [0, 0.05) is 24.3 Å². The molecule has 0 saturated carbocycles. The predicted octanol–water partition coefficient (Wildman–Crippen LogP) is 1.85. The molecule has 0 aromatic heterocycles. The minimum Gasteiger partial charge on any atom is -0.326 e. The van der Waals surface area contributed by atoms with E-state index in [-0.39, 0.29) is 11.8 Å². The number of amides is 2. The first kappa shape index (κ1) is 16.7. The van der Waals surface area contributed by atoms with Gasteiger partial charge < -0.3 is 15.5 Å². The van der Waals surface area contributed by atoms with Crippen LogP contribution in [0.25, 0.3) is 0 Å². The third-order valence-electron chi connectivity index (χ3n) is 2.79. The van der Waals surface area contributed by atoms with Crippen LogP contribution in [0, 0.1) is 18.8 Å². The van der Waals surface area contributed by atoms with Gasteiger partial charge in [0.15, 0.2) is 0 Å². The number of carbonyl (C=O) groups is 2. The summed E-state index contributed by atoms with van der Waals surface area (Å²) in [5, 5.41) is 5.52. The topological polar surface area (TPSA) is 61.4 Å². The fourth-order valence-electron chi connectivity index (χ4n) is 1.65. The first-order valence-corrected chi connectivity index (χ1v) is 6.71. The number of rotatable bonds is 5. The summed E-state index contributed by atoms with van der Waals surface area (Å²) in [4.78, 5) is 25.2. The lowest BCUT2D eigenvalue weighted by Gasteiger charge is -2.12. The van der Waals surface area contributed by atoms with Crippen LogP contribution in [0.5, 0.6) is 0 Å². The lowest BCUT2D eigenvalue weighted by Crippen LogP contribution is -2.21. The van der Waals surface area contributed by atoms with Gasteiger partial charge in [0.25, 0.3) is 5.91 Å². The Labute approximate surface area is 125 Å². The molecule has 0 atom stereocenters. The molecule has 5 heteroatoms. The van der Waals surface area contributed by atoms with E-state index in [1.807, 2.05) is 32.0 Å². The molecule has 0 fully saturated rings. The Morgan fingerprint density at radius 3 is 2.57 bits per heavy atom. The fraction of sp³-hybridized carbons (Fsp3) is 0.375. The fourth-order valence-corrected chi connectivity index (χ4v) is 1.65. The molecule has 112 valence electrons. The maximum absolute atomic E-state index is 11.9. The van der Waals surface area contributed by atoms with Crippen LogP contribution in [-0.4, -0.2) is 37.4 Å². The van der Waals surface area contributed by atoms with Crippen LogP contribution < -0.4 is 10.6 Å². The molecule has 1 aromatic rings. The minimum absolute atomic E-state index is 0.0522. The molecule has 0 spiro atoms. The Morgan fingerprint density at radius 1 is 1.24 bits per heavy atom. The molecule has 0 radical (unpaired) electrons. The quantitative estimate of drug-likeness (QED) is 0.812. The van der Waals surface area contributed by atoms with Gasteiger partial charge in [-0.05, 0) is 51.6 Å². The van der Waals surface area contributed by atoms with Crippen molar-refractivity contribution in [1.82, 2.24) is 4.90 Å². The van der Waals surface area contributed by atoms with E-state index in [4.69, 9.17) is 0 Å². The molecule has 2 N–H and O–H groups in total. The first-order valence-electron chi connectivity index (χ1n) is 6.71. The zero-order valence-corrected chi connectivity index (χ0v) is 12.9. The maximum atomic E-state index is 11.9. The molecule has 1 rings (SSSR count). The van der Waals surface area contributed by atoms with Gasteiger partial charge in [-0.1, -0.05) is 12.0 Å². The summed E-state index contributed by atoms with van der Waals surface area (Å²) in [5.74, 6) is 4.52. The second-order valence-corrected chi connectivity index (χ2v) is 4.96. The van der Waals surface area contributed by atoms with Crippen molar-refractivity contribution >= 4 is 23.2 Å². The van der Waals surface area contributed by atoms with Gasteiger partial charge >= 0.3 is 0 Å². The third kappa shape index (κ3) is 6.11. The van der Waals surface area contributed by atoms with Crippen molar-refractivity contribution < 1.29 is 9.59 Å². The minimum atomic E-state index is -0.369. The number of benzene rings is 1. The van der Waals surface area contributed by atoms with Crippen LogP contribution >= 0.6 is 0 Å². The highest BCUT2D eigenvalue weighted by Gasteiger charge is 2.07. The summed E-state index contributed by atoms with van der Waals surface area (Å²) >= 11 is 0. The van der Waals surface area contributed by atoms with Crippen LogP contribution in [0.4, 0.5) is 11.4 Å². The Kier molecular flexibility index (Phi) is 6.44. The highest BCUT2D eigenvalue weighted by atomic mass is 16.2. The average molecular weight is 287 g/mol. The summed E-state index contributed by atoms with van der Waals surface area (Å²) in [5.41, 5.74) is 2.24. The van der Waals surface area contributed by atoms with E-state index < -0.39 is 0 Å². The van der Waals surface area contributed by atoms with Gasteiger partial charge in [-0.25, -0.2) is 0 Å². The highest BCUT2D eigenvalue weighted by molar-refractivity contribution is 6.04. The number of hydrogen-bond donors (Lipinski definition) is 2. The van der Waals surface area contributed by atoms with Crippen molar-refractivity contribution in [1.29, 1.82) is 0 Å². The molecular weight excluding hydrogens is 266 g/mol. The maximum Gasteiger partial charge on any atom is 0.300 e. The van der Waals surface area contributed by atoms with E-state index in [0.717, 1.165) is 5.56 Å². The second kappa shape index (κ2) is 8.08. The van der Waals surface area contributed by atoms with E-state index in [2.05, 4.69) is 22.5 Å². The van der Waals surface area contributed by atoms with Crippen molar-refractivity contribution in [3.63, 3.8) is 0 Å². The molecule has 0 aliphatic rings. The monoisotopic (exact) mass is 287 g/mol. The van der Waals surface area contributed by atoms with Gasteiger partial charge in [-0.2, -0.15) is 0 Å². The van der Waals surface area contributed by atoms with E-state index >= 15 is 0 Å². The highest BCUT2D eigenvalue weighted by Crippen LogP contribution is 2.20. The smallest absolute Gasteiger partial charge is 0.300 e. The van der Waals surface area contributed by atoms with E-state index in [0.29, 0.717) is 24.3 Å². The zero-order valence-electron chi connectivity index (χ0n) is 12.9. The molecule has 21 heavy (non-hydrogen) atoms. The van der Waals surface area contributed by atoms with Crippen molar-refractivity contribution in [2.24, 2.45) is 0 Å². The molecule has 0 unspecified atom stereocenters. The van der Waals surface area contributed by atoms with Crippen LogP contribution in [0.1, 0.15) is 18.9 Å². The lowest BCUT2D eigenvalue weighted by molar-refractivity contribution is -0.116. The Morgan fingerprint density at radius 2 is 1.95 bits per heavy atom. The SMILES string of the molecule is CC#CC(=O)Nc1ccc(C)c(NC(=O)CCN(C)C)c1. The summed E-state index contributed by atoms with van der Waals surface area (Å²) < 4.78 is 0. The number of nitrogens with one attached hydrogen (secondary N) is 2. The van der Waals surface area contributed by atoms with E-state index in [1.165, 1.54) is 0 Å². The van der Waals surface area contributed by atoms with Crippen LogP contribution in [0.2, 0.25) is 0 Å². The van der Waals surface area contributed by atoms with Crippen molar-refractivity contribution in [2.75, 3.05) is 31.3 Å². The van der Waals surface area contributed by atoms with Gasteiger partial charge in [0.2, 0.25) is 5.91 Å². The van der Waals surface area contributed by atoms with E-state index in [9.17, 15) is 9.59 Å². The number of anilines is 2. The lowest BCUT2D eigenvalue weighted by atomic mass is 10.1. The van der Waals surface area contributed by atoms with Gasteiger partial charge in [0.05, 0.1) is 0 Å². The van der Waals surface area contributed by atoms with E-state index in [1.54, 1.807) is 19.1 Å². The number of nitrogens with zero attached hydrogens (tertiary/aromatic N) is 1. The largest absolute Gasteiger partial charge is 0.326 e. The van der Waals surface area contributed by atoms with Crippen molar-refractivity contribution in [2.45, 2.75) is 20.3 Å².